The van der Waals surface area contributed by atoms with E-state index in [1.165, 1.54) is 15.7 Å². The van der Waals surface area contributed by atoms with E-state index in [0.29, 0.717) is 11.3 Å². The van der Waals surface area contributed by atoms with Crippen LogP contribution in [0.25, 0.3) is 21.7 Å². The van der Waals surface area contributed by atoms with Crippen LogP contribution in [-0.2, 0) is 11.8 Å². The number of nitrogens with zero attached hydrogens (tertiary/aromatic N) is 6. The minimum absolute atomic E-state index is 0.0643. The molecule has 0 bridgehead atoms. The van der Waals surface area contributed by atoms with Gasteiger partial charge in [-0.25, -0.2) is 14.6 Å². The van der Waals surface area contributed by atoms with Crippen LogP contribution in [0.3, 0.4) is 0 Å². The maximum absolute atomic E-state index is 11.8. The Bertz CT molecular complexity index is 818. The zero-order valence-electron chi connectivity index (χ0n) is 11.0. The van der Waals surface area contributed by atoms with Crippen LogP contribution in [0.2, 0.25) is 0 Å². The van der Waals surface area contributed by atoms with Crippen LogP contribution in [0.4, 0.5) is 10.5 Å². The molecule has 21 heavy (non-hydrogen) atoms. The van der Waals surface area contributed by atoms with Gasteiger partial charge in [-0.15, -0.1) is 0 Å². The molecule has 1 atom stereocenters. The van der Waals surface area contributed by atoms with Crippen molar-refractivity contribution in [3.05, 3.63) is 33.3 Å². The summed E-state index contributed by atoms with van der Waals surface area (Å²) < 4.78 is 11.4. The highest BCUT2D eigenvalue weighted by molar-refractivity contribution is 5.91. The molecule has 108 valence electrons. The van der Waals surface area contributed by atoms with Crippen molar-refractivity contribution in [2.45, 2.75) is 6.10 Å². The molecule has 0 aliphatic carbocycles. The Balaban J connectivity index is 1.91. The van der Waals surface area contributed by atoms with E-state index >= 15 is 0 Å². The highest BCUT2D eigenvalue weighted by atomic mass is 16.6. The van der Waals surface area contributed by atoms with E-state index in [1.54, 1.807) is 13.1 Å². The normalized spacial score (nSPS) is 17.9. The Hall–Kier alpha value is -3.00. The number of aryl methyl sites for hydroxylation is 1. The number of azide groups is 1. The Kier molecular flexibility index (Phi) is 2.99. The molecular formula is C11H10N6O4. The van der Waals surface area contributed by atoms with Crippen LogP contribution in [0.1, 0.15) is 0 Å². The molecule has 1 saturated heterocycles. The van der Waals surface area contributed by atoms with Crippen LogP contribution in [0.15, 0.2) is 26.6 Å². The summed E-state index contributed by atoms with van der Waals surface area (Å²) in [6.45, 7) is 0.303. The second-order valence-corrected chi connectivity index (χ2v) is 4.47. The number of fused-ring (bicyclic) bond motifs is 1. The summed E-state index contributed by atoms with van der Waals surface area (Å²) in [6.07, 6.45) is 0.383. The smallest absolute Gasteiger partial charge is 0.420 e. The molecule has 0 saturated carbocycles. The lowest BCUT2D eigenvalue weighted by Crippen LogP contribution is -2.25. The number of amides is 1. The molecule has 2 aromatic heterocycles. The molecule has 1 amide bonds. The number of oxazole rings is 1. The van der Waals surface area contributed by atoms with Gasteiger partial charge in [-0.1, -0.05) is 5.11 Å². The van der Waals surface area contributed by atoms with Crippen molar-refractivity contribution in [2.24, 2.45) is 12.2 Å². The Morgan fingerprint density at radius 2 is 2.38 bits per heavy atom. The van der Waals surface area contributed by atoms with Crippen LogP contribution in [0, 0.1) is 0 Å². The molecule has 0 N–H and O–H groups in total. The van der Waals surface area contributed by atoms with Crippen molar-refractivity contribution < 1.29 is 13.9 Å². The van der Waals surface area contributed by atoms with Gasteiger partial charge in [0, 0.05) is 18.0 Å². The number of pyridine rings is 1. The number of aromatic nitrogens is 2. The third-order valence-corrected chi connectivity index (χ3v) is 3.14. The fraction of sp³-hybridized carbons (Fsp3) is 0.364. The zero-order chi connectivity index (χ0) is 15.0. The van der Waals surface area contributed by atoms with Gasteiger partial charge in [-0.05, 0) is 5.53 Å². The summed E-state index contributed by atoms with van der Waals surface area (Å²) in [4.78, 5) is 31.3. The fourth-order valence-corrected chi connectivity index (χ4v) is 2.11. The topological polar surface area (TPSA) is 126 Å². The predicted molar refractivity (Wildman–Crippen MR) is 70.9 cm³/mol. The molecule has 10 nitrogen and oxygen atoms in total. The molecule has 3 rings (SSSR count). The fourth-order valence-electron chi connectivity index (χ4n) is 2.11. The monoisotopic (exact) mass is 290 g/mol. The standard InChI is InChI=1S/C11H10N6O4/c1-16-9-8(21-10(16)18)2-6(3-13-9)17-5-7(4-14-15-12)20-11(17)19/h2-3,7H,4-5H2,1H3. The van der Waals surface area contributed by atoms with Gasteiger partial charge in [-0.3, -0.25) is 9.47 Å². The van der Waals surface area contributed by atoms with Gasteiger partial charge in [0.05, 0.1) is 25.0 Å². The van der Waals surface area contributed by atoms with Crippen LogP contribution >= 0.6 is 0 Å². The first-order valence-electron chi connectivity index (χ1n) is 6.04. The Labute approximate surface area is 117 Å². The largest absolute Gasteiger partial charge is 0.444 e. The average Bonchev–Trinajstić information content (AvgIpc) is 2.97. The van der Waals surface area contributed by atoms with Crippen LogP contribution in [0.5, 0.6) is 0 Å². The molecule has 3 heterocycles. The first-order chi connectivity index (χ1) is 10.1. The van der Waals surface area contributed by atoms with Crippen molar-refractivity contribution in [1.82, 2.24) is 9.55 Å². The van der Waals surface area contributed by atoms with Crippen LogP contribution in [-0.4, -0.2) is 34.8 Å². The summed E-state index contributed by atoms with van der Waals surface area (Å²) in [5, 5.41) is 3.38. The maximum Gasteiger partial charge on any atom is 0.420 e. The van der Waals surface area contributed by atoms with E-state index in [1.807, 2.05) is 0 Å². The van der Waals surface area contributed by atoms with Gasteiger partial charge < -0.3 is 9.15 Å². The molecule has 0 radical (unpaired) electrons. The third-order valence-electron chi connectivity index (χ3n) is 3.14. The number of rotatable bonds is 3. The number of hydrogen-bond donors (Lipinski definition) is 0. The van der Waals surface area contributed by atoms with Gasteiger partial charge in [0.25, 0.3) is 0 Å². The summed E-state index contributed by atoms with van der Waals surface area (Å²) in [5.74, 6) is -0.528. The summed E-state index contributed by atoms with van der Waals surface area (Å²) >= 11 is 0. The maximum atomic E-state index is 11.8. The van der Waals surface area contributed by atoms with Crippen LogP contribution < -0.4 is 10.7 Å². The van der Waals surface area contributed by atoms with Gasteiger partial charge >= 0.3 is 11.8 Å². The lowest BCUT2D eigenvalue weighted by molar-refractivity contribution is 0.145. The molecule has 1 aliphatic heterocycles. The summed E-state index contributed by atoms with van der Waals surface area (Å²) in [5.41, 5.74) is 9.40. The first-order valence-corrected chi connectivity index (χ1v) is 6.04. The van der Waals surface area contributed by atoms with Crippen molar-refractivity contribution in [2.75, 3.05) is 18.0 Å². The number of hydrogen-bond acceptors (Lipinski definition) is 6. The molecule has 1 unspecified atom stereocenters. The number of ether oxygens (including phenoxy) is 1. The van der Waals surface area contributed by atoms with E-state index in [4.69, 9.17) is 14.7 Å². The van der Waals surface area contributed by atoms with Gasteiger partial charge in [-0.2, -0.15) is 0 Å². The van der Waals surface area contributed by atoms with Crippen molar-refractivity contribution in [1.29, 1.82) is 0 Å². The summed E-state index contributed by atoms with van der Waals surface area (Å²) in [7, 11) is 1.54. The van der Waals surface area contributed by atoms with E-state index in [9.17, 15) is 9.59 Å². The minimum atomic E-state index is -0.562. The number of carbonyl (C=O) groups is 1. The van der Waals surface area contributed by atoms with Gasteiger partial charge in [0.2, 0.25) is 0 Å². The van der Waals surface area contributed by atoms with Crippen molar-refractivity contribution in [3.8, 4) is 0 Å². The highest BCUT2D eigenvalue weighted by Crippen LogP contribution is 2.24. The molecule has 2 aromatic rings. The highest BCUT2D eigenvalue weighted by Gasteiger charge is 2.32. The second-order valence-electron chi connectivity index (χ2n) is 4.47. The van der Waals surface area contributed by atoms with E-state index in [0.717, 1.165) is 0 Å². The second kappa shape index (κ2) is 4.84. The first kappa shape index (κ1) is 13.0. The molecular weight excluding hydrogens is 280 g/mol. The van der Waals surface area contributed by atoms with E-state index < -0.39 is 18.0 Å². The molecule has 1 aliphatic rings. The van der Waals surface area contributed by atoms with Crippen molar-refractivity contribution in [3.63, 3.8) is 0 Å². The average molecular weight is 290 g/mol. The number of anilines is 1. The molecule has 0 aromatic carbocycles. The molecule has 10 heteroatoms. The minimum Gasteiger partial charge on any atom is -0.444 e. The SMILES string of the molecule is Cn1c(=O)oc2cc(N3CC(CN=[N+]=[N-])OC3=O)cnc21. The summed E-state index contributed by atoms with van der Waals surface area (Å²) in [6, 6.07) is 1.54. The Morgan fingerprint density at radius 1 is 1.57 bits per heavy atom. The van der Waals surface area contributed by atoms with Gasteiger partial charge in [0.15, 0.2) is 11.2 Å². The zero-order valence-corrected chi connectivity index (χ0v) is 11.0. The number of cyclic esters (lactones) is 1. The quantitative estimate of drug-likeness (QED) is 0.476. The van der Waals surface area contributed by atoms with E-state index in [2.05, 4.69) is 15.0 Å². The molecule has 1 fully saturated rings. The molecule has 0 spiro atoms. The Morgan fingerprint density at radius 3 is 3.14 bits per heavy atom. The van der Waals surface area contributed by atoms with Crippen molar-refractivity contribution >= 4 is 23.0 Å². The van der Waals surface area contributed by atoms with E-state index in [-0.39, 0.29) is 18.7 Å². The lowest BCUT2D eigenvalue weighted by atomic mass is 10.3. The number of carbonyl (C=O) groups excluding carboxylic acids is 1. The third kappa shape index (κ3) is 2.17. The van der Waals surface area contributed by atoms with Gasteiger partial charge in [0.1, 0.15) is 6.10 Å². The predicted octanol–water partition coefficient (Wildman–Crippen LogP) is 1.16. The lowest BCUT2D eigenvalue weighted by Gasteiger charge is -2.11.